The van der Waals surface area contributed by atoms with Crippen LogP contribution in [0.3, 0.4) is 0 Å². The maximum atomic E-state index is 11.3. The number of hydrogen-bond acceptors (Lipinski definition) is 4. The van der Waals surface area contributed by atoms with E-state index in [1.54, 1.807) is 0 Å². The van der Waals surface area contributed by atoms with Crippen molar-refractivity contribution >= 4 is 5.97 Å². The van der Waals surface area contributed by atoms with Gasteiger partial charge in [-0.3, -0.25) is 4.79 Å². The van der Waals surface area contributed by atoms with Gasteiger partial charge in [0.1, 0.15) is 0 Å². The van der Waals surface area contributed by atoms with Crippen LogP contribution in [-0.4, -0.2) is 30.6 Å². The molecule has 0 aromatic rings. The summed E-state index contributed by atoms with van der Waals surface area (Å²) in [7, 11) is 0. The van der Waals surface area contributed by atoms with Crippen LogP contribution in [-0.2, 0) is 19.0 Å². The monoisotopic (exact) mass is 424 g/mol. The number of unbranched alkanes of at least 4 members (excludes halogenated alkanes) is 9. The highest BCUT2D eigenvalue weighted by Crippen LogP contribution is 2.33. The highest BCUT2D eigenvalue weighted by Gasteiger charge is 2.40. The van der Waals surface area contributed by atoms with Crippen molar-refractivity contribution in [3.8, 4) is 0 Å². The summed E-state index contributed by atoms with van der Waals surface area (Å²) in [4.78, 5) is 11.3. The topological polar surface area (TPSA) is 44.8 Å². The van der Waals surface area contributed by atoms with Gasteiger partial charge in [0.25, 0.3) is 0 Å². The van der Waals surface area contributed by atoms with E-state index in [9.17, 15) is 4.79 Å². The smallest absolute Gasteiger partial charge is 0.306 e. The molecule has 1 aliphatic heterocycles. The van der Waals surface area contributed by atoms with Gasteiger partial charge in [0.05, 0.1) is 18.8 Å². The molecule has 4 heteroatoms. The van der Waals surface area contributed by atoms with E-state index in [4.69, 9.17) is 14.2 Å². The lowest BCUT2D eigenvalue weighted by Crippen LogP contribution is -2.22. The van der Waals surface area contributed by atoms with Crippen LogP contribution in [0.5, 0.6) is 0 Å². The molecule has 0 spiro atoms. The predicted molar refractivity (Wildman–Crippen MR) is 125 cm³/mol. The molecule has 0 radical (unpaired) electrons. The molecule has 1 fully saturated rings. The van der Waals surface area contributed by atoms with E-state index in [2.05, 4.69) is 19.1 Å². The second-order valence-corrected chi connectivity index (χ2v) is 9.08. The van der Waals surface area contributed by atoms with Crippen molar-refractivity contribution in [3.05, 3.63) is 12.2 Å². The first-order valence-electron chi connectivity index (χ1n) is 12.6. The summed E-state index contributed by atoms with van der Waals surface area (Å²) in [6.45, 7) is 8.61. The fraction of sp³-hybridized carbons (Fsp3) is 0.885. The first-order valence-corrected chi connectivity index (χ1v) is 12.6. The Morgan fingerprint density at radius 3 is 1.93 bits per heavy atom. The summed E-state index contributed by atoms with van der Waals surface area (Å²) < 4.78 is 17.3. The minimum atomic E-state index is -0.471. The second kappa shape index (κ2) is 16.8. The summed E-state index contributed by atoms with van der Waals surface area (Å²) in [6.07, 6.45) is 22.4. The van der Waals surface area contributed by atoms with Gasteiger partial charge in [0, 0.05) is 6.42 Å². The summed E-state index contributed by atoms with van der Waals surface area (Å²) in [5, 5.41) is 0. The molecule has 176 valence electrons. The van der Waals surface area contributed by atoms with Crippen LogP contribution in [0.15, 0.2) is 12.2 Å². The Morgan fingerprint density at radius 2 is 1.33 bits per heavy atom. The number of rotatable bonds is 18. The van der Waals surface area contributed by atoms with Crippen molar-refractivity contribution in [2.45, 2.75) is 142 Å². The molecule has 0 N–H and O–H groups in total. The molecule has 2 atom stereocenters. The Kier molecular flexibility index (Phi) is 15.2. The molecule has 0 saturated carbocycles. The number of carbonyl (C=O) groups excluding carboxylic acids is 1. The van der Waals surface area contributed by atoms with Gasteiger partial charge in [0.2, 0.25) is 0 Å². The average molecular weight is 425 g/mol. The van der Waals surface area contributed by atoms with Crippen molar-refractivity contribution in [2.75, 3.05) is 6.61 Å². The number of esters is 1. The number of allylic oxidation sites excluding steroid dienone is 2. The molecule has 0 aromatic carbocycles. The molecule has 1 aliphatic rings. The standard InChI is InChI=1S/C26H48O4/c1-5-7-8-9-10-11-12-13-14-17-20-23-24(30-26(3,4)29-23)21-18-15-16-19-22-25(27)28-6-2/h15-16,23-24H,5-14,17-22H2,1-4H3/b16-15+/t23-,24-/m0/s1. The Hall–Kier alpha value is -0.870. The average Bonchev–Trinajstić information content (AvgIpc) is 2.99. The van der Waals surface area contributed by atoms with Gasteiger partial charge >= 0.3 is 5.97 Å². The highest BCUT2D eigenvalue weighted by molar-refractivity contribution is 5.69. The van der Waals surface area contributed by atoms with E-state index in [1.807, 2.05) is 20.8 Å². The Labute approximate surface area is 186 Å². The van der Waals surface area contributed by atoms with Gasteiger partial charge < -0.3 is 14.2 Å². The molecule has 1 saturated heterocycles. The van der Waals surface area contributed by atoms with Crippen LogP contribution in [0.25, 0.3) is 0 Å². The lowest BCUT2D eigenvalue weighted by molar-refractivity contribution is -0.147. The van der Waals surface area contributed by atoms with Crippen molar-refractivity contribution in [3.63, 3.8) is 0 Å². The molecule has 0 amide bonds. The van der Waals surface area contributed by atoms with Gasteiger partial charge in [-0.1, -0.05) is 83.3 Å². The first kappa shape index (κ1) is 27.2. The molecule has 1 rings (SSSR count). The fourth-order valence-electron chi connectivity index (χ4n) is 4.16. The van der Waals surface area contributed by atoms with Crippen LogP contribution in [0.4, 0.5) is 0 Å². The van der Waals surface area contributed by atoms with Crippen molar-refractivity contribution < 1.29 is 19.0 Å². The molecule has 0 aromatic heterocycles. The molecule has 1 heterocycles. The number of carbonyl (C=O) groups is 1. The Bertz CT molecular complexity index is 458. The first-order chi connectivity index (χ1) is 14.5. The zero-order chi connectivity index (χ0) is 22.1. The van der Waals surface area contributed by atoms with Crippen LogP contribution in [0.1, 0.15) is 124 Å². The summed E-state index contributed by atoms with van der Waals surface area (Å²) in [5.41, 5.74) is 0. The van der Waals surface area contributed by atoms with Crippen LogP contribution < -0.4 is 0 Å². The minimum absolute atomic E-state index is 0.118. The Morgan fingerprint density at radius 1 is 0.800 bits per heavy atom. The van der Waals surface area contributed by atoms with Gasteiger partial charge in [-0.2, -0.15) is 0 Å². The molecular weight excluding hydrogens is 376 g/mol. The van der Waals surface area contributed by atoms with Crippen LogP contribution in [0, 0.1) is 0 Å². The van der Waals surface area contributed by atoms with E-state index in [0.29, 0.717) is 13.0 Å². The number of ether oxygens (including phenoxy) is 3. The summed E-state index contributed by atoms with van der Waals surface area (Å²) in [6, 6.07) is 0. The minimum Gasteiger partial charge on any atom is -0.466 e. The quantitative estimate of drug-likeness (QED) is 0.130. The predicted octanol–water partition coefficient (Wildman–Crippen LogP) is 7.50. The molecular formula is C26H48O4. The second-order valence-electron chi connectivity index (χ2n) is 9.08. The molecule has 4 nitrogen and oxygen atoms in total. The number of hydrogen-bond donors (Lipinski definition) is 0. The lowest BCUT2D eigenvalue weighted by Gasteiger charge is -2.16. The van der Waals surface area contributed by atoms with Gasteiger partial charge in [-0.15, -0.1) is 0 Å². The maximum Gasteiger partial charge on any atom is 0.306 e. The van der Waals surface area contributed by atoms with Crippen molar-refractivity contribution in [2.24, 2.45) is 0 Å². The third kappa shape index (κ3) is 13.4. The van der Waals surface area contributed by atoms with E-state index in [1.165, 1.54) is 64.2 Å². The maximum absolute atomic E-state index is 11.3. The molecule has 30 heavy (non-hydrogen) atoms. The largest absolute Gasteiger partial charge is 0.466 e. The zero-order valence-electron chi connectivity index (χ0n) is 20.3. The Balaban J connectivity index is 2.14. The van der Waals surface area contributed by atoms with Crippen LogP contribution >= 0.6 is 0 Å². The van der Waals surface area contributed by atoms with E-state index in [0.717, 1.165) is 25.7 Å². The van der Waals surface area contributed by atoms with Gasteiger partial charge in [0.15, 0.2) is 5.79 Å². The van der Waals surface area contributed by atoms with Crippen LogP contribution in [0.2, 0.25) is 0 Å². The van der Waals surface area contributed by atoms with Gasteiger partial charge in [-0.05, 0) is 46.5 Å². The lowest BCUT2D eigenvalue weighted by atomic mass is 10.0. The molecule has 0 unspecified atom stereocenters. The van der Waals surface area contributed by atoms with Crippen molar-refractivity contribution in [1.29, 1.82) is 0 Å². The molecule has 0 bridgehead atoms. The highest BCUT2D eigenvalue weighted by atomic mass is 16.7. The zero-order valence-corrected chi connectivity index (χ0v) is 20.3. The van der Waals surface area contributed by atoms with E-state index < -0.39 is 5.79 Å². The SMILES string of the molecule is CCCCCCCCCCCC[C@@H]1OC(C)(C)O[C@H]1CC/C=C/CCC(=O)OCC. The molecule has 0 aliphatic carbocycles. The fourth-order valence-corrected chi connectivity index (χ4v) is 4.16. The third-order valence-electron chi connectivity index (χ3n) is 5.73. The summed E-state index contributed by atoms with van der Waals surface area (Å²) in [5.74, 6) is -0.588. The van der Waals surface area contributed by atoms with E-state index >= 15 is 0 Å². The van der Waals surface area contributed by atoms with Crippen molar-refractivity contribution in [1.82, 2.24) is 0 Å². The van der Waals surface area contributed by atoms with E-state index in [-0.39, 0.29) is 18.2 Å². The van der Waals surface area contributed by atoms with Gasteiger partial charge in [-0.25, -0.2) is 0 Å². The third-order valence-corrected chi connectivity index (χ3v) is 5.73. The normalized spacial score (nSPS) is 20.8. The summed E-state index contributed by atoms with van der Waals surface area (Å²) >= 11 is 0.